The van der Waals surface area contributed by atoms with Gasteiger partial charge >= 0.3 is 0 Å². The molecule has 9 heteroatoms. The first-order chi connectivity index (χ1) is 12.4. The monoisotopic (exact) mass is 375 g/mol. The molecule has 1 aromatic carbocycles. The van der Waals surface area contributed by atoms with Crippen LogP contribution in [0.2, 0.25) is 0 Å². The lowest BCUT2D eigenvalue weighted by atomic mass is 10.2. The molecule has 1 saturated heterocycles. The summed E-state index contributed by atoms with van der Waals surface area (Å²) in [7, 11) is 0. The van der Waals surface area contributed by atoms with Crippen LogP contribution < -0.4 is 5.32 Å². The highest BCUT2D eigenvalue weighted by Gasteiger charge is 2.16. The van der Waals surface area contributed by atoms with E-state index in [0.717, 1.165) is 41.0 Å². The number of rotatable bonds is 7. The van der Waals surface area contributed by atoms with Gasteiger partial charge in [-0.15, -0.1) is 20.4 Å². The number of nitrogens with zero attached hydrogens (tertiary/aromatic N) is 4. The van der Waals surface area contributed by atoms with E-state index in [-0.39, 0.29) is 6.10 Å². The number of hydrogen-bond donors (Lipinski definition) is 1. The average molecular weight is 375 g/mol. The van der Waals surface area contributed by atoms with Crippen LogP contribution in [0.15, 0.2) is 39.1 Å². The van der Waals surface area contributed by atoms with Gasteiger partial charge in [-0.25, -0.2) is 0 Å². The standard InChI is InChI=1S/C16H17N5O2S2/c1-2-5-11(6-3-1)14-19-18-13(23-14)10-24-16-21-20-15(25-16)17-9-12-7-4-8-22-12/h1-3,5-6,12H,4,7-10H2,(H,17,20)/t12-/m1/s1. The van der Waals surface area contributed by atoms with Crippen molar-refractivity contribution in [2.24, 2.45) is 0 Å². The fraction of sp³-hybridized carbons (Fsp3) is 0.375. The highest BCUT2D eigenvalue weighted by Crippen LogP contribution is 2.29. The second-order valence-corrected chi connectivity index (χ2v) is 7.74. The summed E-state index contributed by atoms with van der Waals surface area (Å²) in [6.07, 6.45) is 2.53. The molecule has 3 heterocycles. The largest absolute Gasteiger partial charge is 0.420 e. The van der Waals surface area contributed by atoms with E-state index >= 15 is 0 Å². The fourth-order valence-corrected chi connectivity index (χ4v) is 4.07. The molecule has 0 radical (unpaired) electrons. The number of thioether (sulfide) groups is 1. The third kappa shape index (κ3) is 4.36. The SMILES string of the molecule is c1ccc(-c2nnc(CSc3nnc(NC[C@H]4CCCO4)s3)o2)cc1. The van der Waals surface area contributed by atoms with Crippen LogP contribution in [0.4, 0.5) is 5.13 Å². The lowest BCUT2D eigenvalue weighted by Crippen LogP contribution is -2.18. The number of ether oxygens (including phenoxy) is 1. The van der Waals surface area contributed by atoms with Crippen molar-refractivity contribution in [3.05, 3.63) is 36.2 Å². The zero-order chi connectivity index (χ0) is 16.9. The van der Waals surface area contributed by atoms with Crippen LogP contribution in [0, 0.1) is 0 Å². The number of aromatic nitrogens is 4. The summed E-state index contributed by atoms with van der Waals surface area (Å²) in [5.41, 5.74) is 0.919. The van der Waals surface area contributed by atoms with Gasteiger partial charge in [0.05, 0.1) is 11.9 Å². The molecule has 7 nitrogen and oxygen atoms in total. The zero-order valence-corrected chi connectivity index (χ0v) is 15.1. The van der Waals surface area contributed by atoms with Crippen molar-refractivity contribution >= 4 is 28.2 Å². The Kier molecular flexibility index (Phi) is 5.24. The van der Waals surface area contributed by atoms with Gasteiger partial charge in [-0.2, -0.15) is 0 Å². The van der Waals surface area contributed by atoms with Gasteiger partial charge in [0.1, 0.15) is 0 Å². The molecule has 3 aromatic rings. The highest BCUT2D eigenvalue weighted by atomic mass is 32.2. The van der Waals surface area contributed by atoms with E-state index in [9.17, 15) is 0 Å². The Bertz CT molecular complexity index is 802. The Morgan fingerprint density at radius 3 is 2.92 bits per heavy atom. The summed E-state index contributed by atoms with van der Waals surface area (Å²) in [6.45, 7) is 1.64. The first-order valence-corrected chi connectivity index (χ1v) is 9.86. The van der Waals surface area contributed by atoms with E-state index in [0.29, 0.717) is 17.5 Å². The Hall–Kier alpha value is -1.97. The summed E-state index contributed by atoms with van der Waals surface area (Å²) < 4.78 is 12.2. The maximum atomic E-state index is 5.69. The molecule has 0 aliphatic carbocycles. The van der Waals surface area contributed by atoms with Gasteiger partial charge in [0, 0.05) is 18.7 Å². The molecule has 2 aromatic heterocycles. The van der Waals surface area contributed by atoms with Gasteiger partial charge in [-0.3, -0.25) is 0 Å². The van der Waals surface area contributed by atoms with Crippen molar-refractivity contribution in [2.75, 3.05) is 18.5 Å². The number of anilines is 1. The average Bonchev–Trinajstić information content (AvgIpc) is 3.40. The maximum Gasteiger partial charge on any atom is 0.247 e. The highest BCUT2D eigenvalue weighted by molar-refractivity contribution is 8.00. The topological polar surface area (TPSA) is 86.0 Å². The Morgan fingerprint density at radius 1 is 1.16 bits per heavy atom. The Labute approximate surface area is 153 Å². The van der Waals surface area contributed by atoms with Gasteiger partial charge in [0.25, 0.3) is 0 Å². The quantitative estimate of drug-likeness (QED) is 0.628. The summed E-state index contributed by atoms with van der Waals surface area (Å²) in [5, 5.41) is 20.6. The van der Waals surface area contributed by atoms with Crippen LogP contribution in [0.25, 0.3) is 11.5 Å². The van der Waals surface area contributed by atoms with Crippen molar-refractivity contribution in [3.8, 4) is 11.5 Å². The molecule has 0 spiro atoms. The molecule has 1 atom stereocenters. The van der Waals surface area contributed by atoms with Gasteiger partial charge in [0.15, 0.2) is 4.34 Å². The number of nitrogens with one attached hydrogen (secondary N) is 1. The van der Waals surface area contributed by atoms with Crippen LogP contribution in [0.5, 0.6) is 0 Å². The van der Waals surface area contributed by atoms with E-state index in [1.165, 1.54) is 23.1 Å². The molecule has 1 fully saturated rings. The minimum Gasteiger partial charge on any atom is -0.420 e. The van der Waals surface area contributed by atoms with E-state index < -0.39 is 0 Å². The molecule has 130 valence electrons. The van der Waals surface area contributed by atoms with Crippen LogP contribution in [-0.2, 0) is 10.5 Å². The van der Waals surface area contributed by atoms with Crippen molar-refractivity contribution in [1.82, 2.24) is 20.4 Å². The van der Waals surface area contributed by atoms with E-state index in [4.69, 9.17) is 9.15 Å². The molecule has 1 aliphatic rings. The number of hydrogen-bond acceptors (Lipinski definition) is 9. The summed E-state index contributed by atoms with van der Waals surface area (Å²) in [4.78, 5) is 0. The second-order valence-electron chi connectivity index (χ2n) is 5.54. The predicted molar refractivity (Wildman–Crippen MR) is 96.7 cm³/mol. The minimum atomic E-state index is 0.287. The Balaban J connectivity index is 1.29. The van der Waals surface area contributed by atoms with Crippen LogP contribution in [-0.4, -0.2) is 39.7 Å². The molecule has 1 aliphatic heterocycles. The van der Waals surface area contributed by atoms with Crippen molar-refractivity contribution < 1.29 is 9.15 Å². The van der Waals surface area contributed by atoms with Crippen LogP contribution >= 0.6 is 23.1 Å². The van der Waals surface area contributed by atoms with Gasteiger partial charge in [-0.1, -0.05) is 41.3 Å². The third-order valence-corrected chi connectivity index (χ3v) is 5.72. The molecule has 0 unspecified atom stereocenters. The smallest absolute Gasteiger partial charge is 0.247 e. The van der Waals surface area contributed by atoms with E-state index in [2.05, 4.69) is 25.7 Å². The Morgan fingerprint density at radius 2 is 2.08 bits per heavy atom. The van der Waals surface area contributed by atoms with Crippen LogP contribution in [0.3, 0.4) is 0 Å². The molecule has 0 amide bonds. The third-order valence-electron chi connectivity index (χ3n) is 3.72. The number of benzene rings is 1. The molecule has 0 saturated carbocycles. The molecule has 4 rings (SSSR count). The molecular weight excluding hydrogens is 358 g/mol. The normalized spacial score (nSPS) is 17.0. The lowest BCUT2D eigenvalue weighted by Gasteiger charge is -2.08. The molecule has 1 N–H and O–H groups in total. The van der Waals surface area contributed by atoms with E-state index in [1.807, 2.05) is 30.3 Å². The summed E-state index contributed by atoms with van der Waals surface area (Å²) in [6, 6.07) is 9.74. The van der Waals surface area contributed by atoms with Crippen molar-refractivity contribution in [2.45, 2.75) is 29.0 Å². The van der Waals surface area contributed by atoms with Gasteiger partial charge in [-0.05, 0) is 25.0 Å². The summed E-state index contributed by atoms with van der Waals surface area (Å²) in [5.74, 6) is 1.68. The predicted octanol–water partition coefficient (Wildman–Crippen LogP) is 3.47. The minimum absolute atomic E-state index is 0.287. The molecule has 0 bridgehead atoms. The van der Waals surface area contributed by atoms with E-state index in [1.54, 1.807) is 0 Å². The van der Waals surface area contributed by atoms with Crippen molar-refractivity contribution in [1.29, 1.82) is 0 Å². The second kappa shape index (κ2) is 7.94. The van der Waals surface area contributed by atoms with Gasteiger partial charge in [0.2, 0.25) is 16.9 Å². The molecular formula is C16H17N5O2S2. The zero-order valence-electron chi connectivity index (χ0n) is 13.4. The fourth-order valence-electron chi connectivity index (χ4n) is 2.48. The lowest BCUT2D eigenvalue weighted by molar-refractivity contribution is 0.120. The summed E-state index contributed by atoms with van der Waals surface area (Å²) >= 11 is 3.06. The van der Waals surface area contributed by atoms with Crippen LogP contribution in [0.1, 0.15) is 18.7 Å². The molecule has 25 heavy (non-hydrogen) atoms. The first-order valence-electron chi connectivity index (χ1n) is 8.06. The maximum absolute atomic E-state index is 5.69. The van der Waals surface area contributed by atoms with Gasteiger partial charge < -0.3 is 14.5 Å². The van der Waals surface area contributed by atoms with Crippen molar-refractivity contribution in [3.63, 3.8) is 0 Å². The first kappa shape index (κ1) is 16.5.